The number of likely N-dealkylation sites (N-methyl/N-ethyl adjacent to an activating group) is 1. The van der Waals surface area contributed by atoms with Gasteiger partial charge in [-0.3, -0.25) is 9.59 Å². The molecular weight excluding hydrogens is 621 g/mol. The van der Waals surface area contributed by atoms with E-state index in [9.17, 15) is 49.1 Å². The fraction of sp³-hybridized carbons (Fsp3) is 0.296. The highest BCUT2D eigenvalue weighted by Crippen LogP contribution is 2.50. The van der Waals surface area contributed by atoms with Crippen molar-refractivity contribution in [3.05, 3.63) is 81.9 Å². The number of carbonyl (C=O) groups excluding carboxylic acids is 2. The number of nitrogens with one attached hydrogen (secondary N) is 1. The Labute approximate surface area is 242 Å². The Balaban J connectivity index is 1.66. The third-order valence-electron chi connectivity index (χ3n) is 6.60. The highest BCUT2D eigenvalue weighted by atomic mass is 35.5. The Kier molecular flexibility index (Phi) is 8.35. The van der Waals surface area contributed by atoms with Gasteiger partial charge < -0.3 is 15.1 Å². The summed E-state index contributed by atoms with van der Waals surface area (Å²) in [6.07, 6.45) is -15.9. The van der Waals surface area contributed by atoms with Gasteiger partial charge in [0.05, 0.1) is 17.8 Å². The van der Waals surface area contributed by atoms with Gasteiger partial charge in [-0.05, 0) is 35.0 Å². The largest absolute Gasteiger partial charge is 0.435 e. The van der Waals surface area contributed by atoms with E-state index in [1.807, 2.05) is 0 Å². The topological polar surface area (TPSA) is 71.0 Å². The summed E-state index contributed by atoms with van der Waals surface area (Å²) in [5.74, 6) is -1.88. The summed E-state index contributed by atoms with van der Waals surface area (Å²) in [5, 5.41) is 5.59. The molecule has 0 unspecified atom stereocenters. The summed E-state index contributed by atoms with van der Waals surface area (Å²) in [6, 6.07) is 9.80. The van der Waals surface area contributed by atoms with E-state index < -0.39 is 71.6 Å². The van der Waals surface area contributed by atoms with Crippen LogP contribution in [0.1, 0.15) is 33.5 Å². The molecule has 0 bridgehead atoms. The number of benzene rings is 3. The molecule has 1 atom stereocenters. The number of fused-ring (bicyclic) bond motifs is 1. The molecule has 6 nitrogen and oxygen atoms in total. The van der Waals surface area contributed by atoms with E-state index in [-0.39, 0.29) is 33.7 Å². The Morgan fingerprint density at radius 2 is 1.63 bits per heavy atom. The van der Waals surface area contributed by atoms with Crippen LogP contribution in [0.4, 0.5) is 39.5 Å². The van der Waals surface area contributed by atoms with Crippen LogP contribution < -0.4 is 5.32 Å². The van der Waals surface area contributed by atoms with E-state index in [0.717, 1.165) is 7.05 Å². The number of alkyl halides is 9. The first kappa shape index (κ1) is 31.9. The number of rotatable bonds is 6. The normalized spacial score (nSPS) is 17.4. The van der Waals surface area contributed by atoms with Crippen LogP contribution in [0.25, 0.3) is 10.8 Å². The maximum atomic E-state index is 14.5. The van der Waals surface area contributed by atoms with Gasteiger partial charge in [-0.15, -0.1) is 0 Å². The van der Waals surface area contributed by atoms with Gasteiger partial charge in [-0.25, -0.2) is 0 Å². The monoisotopic (exact) mass is 639 g/mol. The number of nitrogens with zero attached hydrogens (tertiary/aromatic N) is 2. The molecule has 1 heterocycles. The van der Waals surface area contributed by atoms with Crippen LogP contribution in [0.15, 0.2) is 59.8 Å². The summed E-state index contributed by atoms with van der Waals surface area (Å²) in [6.45, 7) is -2.30. The predicted octanol–water partition coefficient (Wildman–Crippen LogP) is 6.84. The first-order chi connectivity index (χ1) is 19.8. The van der Waals surface area contributed by atoms with Gasteiger partial charge in [0.25, 0.3) is 11.5 Å². The zero-order chi connectivity index (χ0) is 32.0. The van der Waals surface area contributed by atoms with Crippen LogP contribution in [0, 0.1) is 0 Å². The van der Waals surface area contributed by atoms with Gasteiger partial charge in [0.15, 0.2) is 0 Å². The summed E-state index contributed by atoms with van der Waals surface area (Å²) >= 11 is 5.74. The number of oxime groups is 1. The second-order valence-electron chi connectivity index (χ2n) is 9.61. The Hall–Kier alpha value is -4.01. The molecule has 16 heteroatoms. The molecule has 0 aromatic heterocycles. The minimum Gasteiger partial charge on any atom is -0.374 e. The second kappa shape index (κ2) is 11.2. The molecule has 0 radical (unpaired) electrons. The zero-order valence-corrected chi connectivity index (χ0v) is 22.5. The van der Waals surface area contributed by atoms with Crippen molar-refractivity contribution >= 4 is 39.9 Å². The molecule has 3 aromatic rings. The molecule has 4 rings (SSSR count). The second-order valence-corrected chi connectivity index (χ2v) is 10.0. The number of amides is 2. The molecule has 0 spiro atoms. The zero-order valence-electron chi connectivity index (χ0n) is 21.7. The van der Waals surface area contributed by atoms with E-state index in [4.69, 9.17) is 16.4 Å². The van der Waals surface area contributed by atoms with Gasteiger partial charge in [-0.2, -0.15) is 39.5 Å². The van der Waals surface area contributed by atoms with Crippen molar-refractivity contribution in [3.8, 4) is 0 Å². The van der Waals surface area contributed by atoms with Gasteiger partial charge in [-0.1, -0.05) is 47.1 Å². The molecule has 2 amide bonds. The van der Waals surface area contributed by atoms with Crippen molar-refractivity contribution in [2.75, 3.05) is 20.1 Å². The molecule has 1 aliphatic heterocycles. The van der Waals surface area contributed by atoms with E-state index in [2.05, 4.69) is 10.5 Å². The smallest absolute Gasteiger partial charge is 0.374 e. The van der Waals surface area contributed by atoms with Crippen LogP contribution in [0.3, 0.4) is 0 Å². The van der Waals surface area contributed by atoms with E-state index in [0.29, 0.717) is 17.0 Å². The van der Waals surface area contributed by atoms with Gasteiger partial charge in [0.1, 0.15) is 6.54 Å². The summed E-state index contributed by atoms with van der Waals surface area (Å²) < 4.78 is 121. The summed E-state index contributed by atoms with van der Waals surface area (Å²) in [7, 11) is 0.908. The van der Waals surface area contributed by atoms with Crippen molar-refractivity contribution in [3.63, 3.8) is 0 Å². The van der Waals surface area contributed by atoms with E-state index in [1.165, 1.54) is 36.4 Å². The van der Waals surface area contributed by atoms with Crippen molar-refractivity contribution in [2.24, 2.45) is 5.16 Å². The van der Waals surface area contributed by atoms with Crippen LogP contribution in [0.2, 0.25) is 5.02 Å². The molecule has 1 N–H and O–H groups in total. The molecule has 0 saturated carbocycles. The molecule has 3 aromatic carbocycles. The molecular formula is C27H19ClF9N3O3. The Morgan fingerprint density at radius 1 is 0.977 bits per heavy atom. The Morgan fingerprint density at radius 3 is 2.23 bits per heavy atom. The minimum absolute atomic E-state index is 0.0584. The number of carbonyl (C=O) groups is 2. The van der Waals surface area contributed by atoms with Crippen LogP contribution in [-0.4, -0.2) is 54.9 Å². The first-order valence-corrected chi connectivity index (χ1v) is 12.5. The molecule has 43 heavy (non-hydrogen) atoms. The molecule has 0 saturated heterocycles. The fourth-order valence-corrected chi connectivity index (χ4v) is 4.76. The van der Waals surface area contributed by atoms with Crippen molar-refractivity contribution in [1.29, 1.82) is 0 Å². The van der Waals surface area contributed by atoms with Crippen LogP contribution in [-0.2, 0) is 21.4 Å². The average molecular weight is 640 g/mol. The lowest BCUT2D eigenvalue weighted by molar-refractivity contribution is -0.276. The standard InChI is InChI=1S/C27H19ClF9N3O3/c1-40(13-25(29,30)31)22(41)12-38-23(42)20-7-6-19(17-4-2-3-5-18(17)20)21-11-24(43-39-21,27(35,36)37)14-8-15(26(32,33)34)10-16(28)9-14/h2-10H,11-13H2,1H3,(H,38,42)/t24-/m0/s1. The predicted molar refractivity (Wildman–Crippen MR) is 136 cm³/mol. The third kappa shape index (κ3) is 6.65. The SMILES string of the molecule is CN(CC(F)(F)F)C(=O)CNC(=O)c1ccc(C2=NO[C@@](c3cc(Cl)cc(C(F)(F)F)c3)(C(F)(F)F)C2)c2ccccc12. The van der Waals surface area contributed by atoms with Crippen LogP contribution >= 0.6 is 11.6 Å². The average Bonchev–Trinajstić information content (AvgIpc) is 3.36. The minimum atomic E-state index is -5.24. The molecule has 1 aliphatic rings. The van der Waals surface area contributed by atoms with E-state index >= 15 is 0 Å². The number of halogens is 10. The van der Waals surface area contributed by atoms with Gasteiger partial charge >= 0.3 is 18.5 Å². The lowest BCUT2D eigenvalue weighted by Crippen LogP contribution is -2.43. The first-order valence-electron chi connectivity index (χ1n) is 12.1. The lowest BCUT2D eigenvalue weighted by atomic mass is 9.84. The number of hydrogen-bond acceptors (Lipinski definition) is 4. The van der Waals surface area contributed by atoms with E-state index in [1.54, 1.807) is 0 Å². The third-order valence-corrected chi connectivity index (χ3v) is 6.82. The highest BCUT2D eigenvalue weighted by Gasteiger charge is 2.62. The summed E-state index contributed by atoms with van der Waals surface area (Å²) in [5.41, 5.74) is -5.93. The van der Waals surface area contributed by atoms with Crippen molar-refractivity contribution in [2.45, 2.75) is 30.6 Å². The molecule has 0 aliphatic carbocycles. The maximum Gasteiger partial charge on any atom is 0.435 e. The number of hydrogen-bond donors (Lipinski definition) is 1. The van der Waals surface area contributed by atoms with Crippen molar-refractivity contribution < 1.29 is 53.9 Å². The van der Waals surface area contributed by atoms with Crippen molar-refractivity contribution in [1.82, 2.24) is 10.2 Å². The van der Waals surface area contributed by atoms with Crippen LogP contribution in [0.5, 0.6) is 0 Å². The maximum absolute atomic E-state index is 14.5. The highest BCUT2D eigenvalue weighted by molar-refractivity contribution is 6.30. The Bertz CT molecular complexity index is 1600. The molecule has 0 fully saturated rings. The van der Waals surface area contributed by atoms with Gasteiger partial charge in [0.2, 0.25) is 5.91 Å². The fourth-order valence-electron chi connectivity index (χ4n) is 4.53. The summed E-state index contributed by atoms with van der Waals surface area (Å²) in [4.78, 5) is 30.1. The quantitative estimate of drug-likeness (QED) is 0.300. The van der Waals surface area contributed by atoms with Gasteiger partial charge in [0, 0.05) is 35.2 Å². The lowest BCUT2D eigenvalue weighted by Gasteiger charge is -2.30. The molecule has 230 valence electrons.